The highest BCUT2D eigenvalue weighted by molar-refractivity contribution is 5.81. The molecule has 1 amide bonds. The van der Waals surface area contributed by atoms with Gasteiger partial charge in [-0.15, -0.1) is 0 Å². The molecule has 0 aromatic carbocycles. The quantitative estimate of drug-likeness (QED) is 0.251. The number of nitrogens with two attached hydrogens (primary N) is 1. The van der Waals surface area contributed by atoms with Crippen molar-refractivity contribution < 1.29 is 9.90 Å². The van der Waals surface area contributed by atoms with Crippen molar-refractivity contribution in [3.05, 3.63) is 12.2 Å². The fourth-order valence-corrected chi connectivity index (χ4v) is 2.80. The number of rotatable bonds is 18. The predicted molar refractivity (Wildman–Crippen MR) is 108 cm³/mol. The minimum atomic E-state index is -0.783. The van der Waals surface area contributed by atoms with Crippen LogP contribution in [0.2, 0.25) is 0 Å². The Kier molecular flexibility index (Phi) is 18.8. The molecule has 4 heteroatoms. The molecule has 4 nitrogen and oxygen atoms in total. The van der Waals surface area contributed by atoms with Crippen LogP contribution in [-0.4, -0.2) is 30.2 Å². The third-order valence-electron chi connectivity index (χ3n) is 4.52. The summed E-state index contributed by atoms with van der Waals surface area (Å²) in [7, 11) is 0. The van der Waals surface area contributed by atoms with E-state index >= 15 is 0 Å². The number of unbranched alkanes of at least 4 members (excludes halogenated alkanes) is 12. The maximum atomic E-state index is 11.3. The fraction of sp³-hybridized carbons (Fsp3) is 0.857. The van der Waals surface area contributed by atoms with Crippen LogP contribution in [-0.2, 0) is 4.79 Å². The van der Waals surface area contributed by atoms with Crippen molar-refractivity contribution in [1.29, 1.82) is 0 Å². The Morgan fingerprint density at radius 1 is 0.880 bits per heavy atom. The van der Waals surface area contributed by atoms with Gasteiger partial charge in [0.2, 0.25) is 5.91 Å². The highest BCUT2D eigenvalue weighted by Gasteiger charge is 2.09. The molecule has 0 aromatic rings. The number of hydrogen-bond acceptors (Lipinski definition) is 3. The second kappa shape index (κ2) is 19.5. The lowest BCUT2D eigenvalue weighted by molar-refractivity contribution is -0.123. The van der Waals surface area contributed by atoms with E-state index < -0.39 is 6.04 Å². The first-order valence-electron chi connectivity index (χ1n) is 10.5. The molecule has 0 fully saturated rings. The summed E-state index contributed by atoms with van der Waals surface area (Å²) < 4.78 is 0. The Labute approximate surface area is 155 Å². The number of carbonyl (C=O) groups is 1. The Hall–Kier alpha value is -0.870. The summed E-state index contributed by atoms with van der Waals surface area (Å²) in [4.78, 5) is 11.3. The van der Waals surface area contributed by atoms with Crippen molar-refractivity contribution in [2.75, 3.05) is 13.2 Å². The zero-order valence-corrected chi connectivity index (χ0v) is 16.5. The monoisotopic (exact) mass is 354 g/mol. The van der Waals surface area contributed by atoms with E-state index in [4.69, 9.17) is 10.8 Å². The predicted octanol–water partition coefficient (Wildman–Crippen LogP) is 4.46. The minimum absolute atomic E-state index is 0.254. The third kappa shape index (κ3) is 17.7. The summed E-state index contributed by atoms with van der Waals surface area (Å²) in [5.41, 5.74) is 5.42. The molecule has 0 heterocycles. The molecular formula is C21H42N2O2. The van der Waals surface area contributed by atoms with Gasteiger partial charge in [0.15, 0.2) is 0 Å². The fourth-order valence-electron chi connectivity index (χ4n) is 2.80. The Morgan fingerprint density at radius 2 is 1.36 bits per heavy atom. The average Bonchev–Trinajstić information content (AvgIpc) is 2.63. The lowest BCUT2D eigenvalue weighted by Gasteiger charge is -2.09. The molecule has 0 rings (SSSR count). The molecule has 0 aromatic heterocycles. The van der Waals surface area contributed by atoms with E-state index in [2.05, 4.69) is 24.4 Å². The van der Waals surface area contributed by atoms with Gasteiger partial charge in [0, 0.05) is 6.54 Å². The lowest BCUT2D eigenvalue weighted by atomic mass is 10.1. The maximum absolute atomic E-state index is 11.3. The second-order valence-corrected chi connectivity index (χ2v) is 7.02. The highest BCUT2D eigenvalue weighted by atomic mass is 16.3. The summed E-state index contributed by atoms with van der Waals surface area (Å²) in [5, 5.41) is 11.5. The van der Waals surface area contributed by atoms with Gasteiger partial charge in [0.1, 0.15) is 6.04 Å². The van der Waals surface area contributed by atoms with Gasteiger partial charge in [-0.1, -0.05) is 76.9 Å². The Bertz CT molecular complexity index is 319. The highest BCUT2D eigenvalue weighted by Crippen LogP contribution is 2.09. The van der Waals surface area contributed by atoms with Gasteiger partial charge < -0.3 is 16.2 Å². The summed E-state index contributed by atoms with van der Waals surface area (Å²) in [6.07, 6.45) is 22.6. The van der Waals surface area contributed by atoms with E-state index in [0.29, 0.717) is 6.54 Å². The Morgan fingerprint density at radius 3 is 1.88 bits per heavy atom. The molecule has 25 heavy (non-hydrogen) atoms. The zero-order chi connectivity index (χ0) is 18.6. The molecule has 0 aliphatic carbocycles. The van der Waals surface area contributed by atoms with E-state index in [9.17, 15) is 4.79 Å². The van der Waals surface area contributed by atoms with E-state index in [0.717, 1.165) is 12.8 Å². The van der Waals surface area contributed by atoms with Crippen LogP contribution in [0.15, 0.2) is 12.2 Å². The number of carbonyl (C=O) groups excluding carboxylic acids is 1. The van der Waals surface area contributed by atoms with Crippen molar-refractivity contribution >= 4 is 5.91 Å². The van der Waals surface area contributed by atoms with Crippen LogP contribution in [0.1, 0.15) is 96.8 Å². The van der Waals surface area contributed by atoms with Crippen LogP contribution in [0.5, 0.6) is 0 Å². The number of amides is 1. The molecule has 148 valence electrons. The van der Waals surface area contributed by atoms with Crippen LogP contribution in [0.3, 0.4) is 0 Å². The standard InChI is InChI=1S/C21H42N2O2/c1-2-3-4-5-6-7-8-9-10-11-12-13-14-15-16-17-18-23-21(25)20(22)19-24/h9-10,20,24H,2-8,11-19,22H2,1H3,(H,23,25)/b10-9+/t20-/m1/s1. The first-order chi connectivity index (χ1) is 12.2. The number of allylic oxidation sites excluding steroid dienone is 2. The van der Waals surface area contributed by atoms with Crippen LogP contribution < -0.4 is 11.1 Å². The Balaban J connectivity index is 3.18. The summed E-state index contributed by atoms with van der Waals surface area (Å²) in [6.45, 7) is 2.63. The van der Waals surface area contributed by atoms with Crippen molar-refractivity contribution in [2.45, 2.75) is 103 Å². The third-order valence-corrected chi connectivity index (χ3v) is 4.52. The molecule has 4 N–H and O–H groups in total. The number of hydrogen-bond donors (Lipinski definition) is 3. The average molecular weight is 355 g/mol. The van der Waals surface area contributed by atoms with Gasteiger partial charge in [-0.2, -0.15) is 0 Å². The summed E-state index contributed by atoms with van der Waals surface area (Å²) >= 11 is 0. The van der Waals surface area contributed by atoms with Crippen molar-refractivity contribution in [2.24, 2.45) is 5.73 Å². The number of nitrogens with one attached hydrogen (secondary N) is 1. The largest absolute Gasteiger partial charge is 0.394 e. The van der Waals surface area contributed by atoms with E-state index in [-0.39, 0.29) is 12.5 Å². The van der Waals surface area contributed by atoms with E-state index in [1.54, 1.807) is 0 Å². The molecule has 0 aliphatic heterocycles. The number of aliphatic hydroxyl groups excluding tert-OH is 1. The van der Waals surface area contributed by atoms with Crippen LogP contribution in [0.4, 0.5) is 0 Å². The van der Waals surface area contributed by atoms with Crippen molar-refractivity contribution in [1.82, 2.24) is 5.32 Å². The van der Waals surface area contributed by atoms with E-state index in [1.807, 2.05) is 0 Å². The first kappa shape index (κ1) is 24.1. The normalized spacial score (nSPS) is 12.6. The van der Waals surface area contributed by atoms with Crippen LogP contribution in [0.25, 0.3) is 0 Å². The maximum Gasteiger partial charge on any atom is 0.239 e. The summed E-state index contributed by atoms with van der Waals surface area (Å²) in [5.74, 6) is -0.254. The molecule has 0 saturated heterocycles. The van der Waals surface area contributed by atoms with Gasteiger partial charge in [-0.05, 0) is 32.1 Å². The van der Waals surface area contributed by atoms with Gasteiger partial charge >= 0.3 is 0 Å². The molecule has 0 unspecified atom stereocenters. The molecule has 0 bridgehead atoms. The summed E-state index contributed by atoms with van der Waals surface area (Å²) in [6, 6.07) is -0.783. The molecule has 0 spiro atoms. The van der Waals surface area contributed by atoms with Gasteiger partial charge in [-0.25, -0.2) is 0 Å². The minimum Gasteiger partial charge on any atom is -0.394 e. The first-order valence-corrected chi connectivity index (χ1v) is 10.5. The lowest BCUT2D eigenvalue weighted by Crippen LogP contribution is -2.43. The number of aliphatic hydroxyl groups is 1. The molecule has 0 radical (unpaired) electrons. The molecule has 0 saturated carbocycles. The van der Waals surface area contributed by atoms with Gasteiger partial charge in [0.05, 0.1) is 6.61 Å². The van der Waals surface area contributed by atoms with Gasteiger partial charge in [-0.3, -0.25) is 4.79 Å². The van der Waals surface area contributed by atoms with Crippen LogP contribution in [0, 0.1) is 0 Å². The van der Waals surface area contributed by atoms with Crippen LogP contribution >= 0.6 is 0 Å². The zero-order valence-electron chi connectivity index (χ0n) is 16.5. The smallest absolute Gasteiger partial charge is 0.239 e. The molecule has 0 aliphatic rings. The second-order valence-electron chi connectivity index (χ2n) is 7.02. The van der Waals surface area contributed by atoms with Gasteiger partial charge in [0.25, 0.3) is 0 Å². The topological polar surface area (TPSA) is 75.4 Å². The molecule has 1 atom stereocenters. The molecular weight excluding hydrogens is 312 g/mol. The van der Waals surface area contributed by atoms with Crippen molar-refractivity contribution in [3.63, 3.8) is 0 Å². The van der Waals surface area contributed by atoms with Crippen molar-refractivity contribution in [3.8, 4) is 0 Å². The van der Waals surface area contributed by atoms with E-state index in [1.165, 1.54) is 77.0 Å². The SMILES string of the molecule is CCCCCCCC/C=C/CCCCCCCCNC(=O)[C@H](N)CO.